The van der Waals surface area contributed by atoms with E-state index in [1.54, 1.807) is 13.8 Å². The molecular weight excluding hydrogens is 268 g/mol. The average molecular weight is 292 g/mol. The number of hydrogen-bond donors (Lipinski definition) is 0. The number of carbonyl (C=O) groups is 2. The summed E-state index contributed by atoms with van der Waals surface area (Å²) in [5.74, 6) is 0. The van der Waals surface area contributed by atoms with Crippen LogP contribution in [0.5, 0.6) is 0 Å². The second-order valence-corrected chi connectivity index (χ2v) is 4.20. The Balaban J connectivity index is 0. The molecule has 0 aromatic rings. The second-order valence-electron chi connectivity index (χ2n) is 4.20. The summed E-state index contributed by atoms with van der Waals surface area (Å²) in [6.45, 7) is 7.14. The maximum absolute atomic E-state index is 10.7. The van der Waals surface area contributed by atoms with Gasteiger partial charge in [-0.2, -0.15) is 0 Å². The fraction of sp³-hybridized carbons (Fsp3) is 0.769. The molecule has 1 rings (SSSR count). The smallest absolute Gasteiger partial charge is 0.508 e. The van der Waals surface area contributed by atoms with E-state index in [1.807, 2.05) is 6.92 Å². The van der Waals surface area contributed by atoms with Gasteiger partial charge in [-0.15, -0.1) is 0 Å². The predicted octanol–water partition coefficient (Wildman–Crippen LogP) is 1.68. The Kier molecular flexibility index (Phi) is 11.8. The SMILES string of the molecule is CC1COC(=O)O1.CCC(C)OC(=O)OCC(C)[O-].[CH3-]. The van der Waals surface area contributed by atoms with Crippen LogP contribution < -0.4 is 5.11 Å². The Morgan fingerprint density at radius 2 is 2.10 bits per heavy atom. The van der Waals surface area contributed by atoms with Crippen molar-refractivity contribution in [2.75, 3.05) is 13.2 Å². The molecule has 0 N–H and O–H groups in total. The van der Waals surface area contributed by atoms with Gasteiger partial charge in [0.25, 0.3) is 0 Å². The van der Waals surface area contributed by atoms with Crippen molar-refractivity contribution in [3.8, 4) is 0 Å². The van der Waals surface area contributed by atoms with Gasteiger partial charge in [-0.25, -0.2) is 9.59 Å². The fourth-order valence-electron chi connectivity index (χ4n) is 0.885. The Morgan fingerprint density at radius 3 is 2.40 bits per heavy atom. The summed E-state index contributed by atoms with van der Waals surface area (Å²) in [4.78, 5) is 20.7. The van der Waals surface area contributed by atoms with Gasteiger partial charge in [-0.05, 0) is 20.3 Å². The standard InChI is InChI=1S/C8H15O4.C4H6O3.CH3/c1-4-7(3)12-8(10)11-5-6(2)9;1-3-2-6-4(5)7-3;/h6-7H,4-5H2,1-3H3;3H,2H2,1H3;1H3/q-1;;-1. The van der Waals surface area contributed by atoms with Gasteiger partial charge in [0, 0.05) is 0 Å². The first-order valence-corrected chi connectivity index (χ1v) is 6.17. The molecule has 0 radical (unpaired) electrons. The van der Waals surface area contributed by atoms with Crippen LogP contribution in [0.3, 0.4) is 0 Å². The van der Waals surface area contributed by atoms with Gasteiger partial charge in [-0.1, -0.05) is 20.0 Å². The minimum Gasteiger partial charge on any atom is -0.850 e. The van der Waals surface area contributed by atoms with Crippen molar-refractivity contribution in [2.45, 2.75) is 52.4 Å². The first kappa shape index (κ1) is 20.8. The highest BCUT2D eigenvalue weighted by Gasteiger charge is 2.19. The molecule has 3 unspecified atom stereocenters. The largest absolute Gasteiger partial charge is 0.850 e. The summed E-state index contributed by atoms with van der Waals surface area (Å²) in [7, 11) is 0. The fourth-order valence-corrected chi connectivity index (χ4v) is 0.885. The van der Waals surface area contributed by atoms with E-state index in [0.717, 1.165) is 6.42 Å². The highest BCUT2D eigenvalue weighted by molar-refractivity contribution is 5.61. The monoisotopic (exact) mass is 292 g/mol. The third kappa shape index (κ3) is 11.6. The van der Waals surface area contributed by atoms with Gasteiger partial charge >= 0.3 is 12.3 Å². The van der Waals surface area contributed by atoms with Crippen molar-refractivity contribution in [3.05, 3.63) is 7.43 Å². The van der Waals surface area contributed by atoms with Crippen molar-refractivity contribution >= 4 is 12.3 Å². The molecule has 7 nitrogen and oxygen atoms in total. The zero-order valence-electron chi connectivity index (χ0n) is 12.7. The maximum atomic E-state index is 10.7. The average Bonchev–Trinajstić information content (AvgIpc) is 2.71. The van der Waals surface area contributed by atoms with Crippen molar-refractivity contribution in [1.82, 2.24) is 0 Å². The number of cyclic esters (lactones) is 2. The van der Waals surface area contributed by atoms with Crippen LogP contribution in [0, 0.1) is 7.43 Å². The van der Waals surface area contributed by atoms with Gasteiger partial charge < -0.3 is 31.5 Å². The van der Waals surface area contributed by atoms with Gasteiger partial charge in [0.15, 0.2) is 0 Å². The molecular formula is C13H24O7-2. The topological polar surface area (TPSA) is 94.1 Å². The van der Waals surface area contributed by atoms with E-state index in [1.165, 1.54) is 6.92 Å². The highest BCUT2D eigenvalue weighted by atomic mass is 16.8. The van der Waals surface area contributed by atoms with Crippen LogP contribution in [0.4, 0.5) is 9.59 Å². The lowest BCUT2D eigenvalue weighted by Gasteiger charge is -2.16. The van der Waals surface area contributed by atoms with Crippen molar-refractivity contribution in [1.29, 1.82) is 0 Å². The molecule has 0 aromatic carbocycles. The van der Waals surface area contributed by atoms with E-state index in [-0.39, 0.29) is 26.2 Å². The summed E-state index contributed by atoms with van der Waals surface area (Å²) in [5.41, 5.74) is 0. The van der Waals surface area contributed by atoms with E-state index in [2.05, 4.69) is 14.2 Å². The first-order chi connectivity index (χ1) is 8.85. The lowest BCUT2D eigenvalue weighted by Crippen LogP contribution is -2.29. The van der Waals surface area contributed by atoms with Gasteiger partial charge in [0.05, 0.1) is 6.61 Å². The molecule has 0 amide bonds. The van der Waals surface area contributed by atoms with Crippen LogP contribution in [0.2, 0.25) is 0 Å². The molecule has 1 aliphatic heterocycles. The molecule has 1 heterocycles. The summed E-state index contributed by atoms with van der Waals surface area (Å²) >= 11 is 0. The summed E-state index contributed by atoms with van der Waals surface area (Å²) in [6.07, 6.45) is -1.66. The Morgan fingerprint density at radius 1 is 1.50 bits per heavy atom. The molecule has 3 atom stereocenters. The maximum Gasteiger partial charge on any atom is 0.508 e. The zero-order valence-corrected chi connectivity index (χ0v) is 12.7. The van der Waals surface area contributed by atoms with Crippen LogP contribution in [0.1, 0.15) is 34.1 Å². The molecule has 120 valence electrons. The number of rotatable bonds is 4. The van der Waals surface area contributed by atoms with Crippen molar-refractivity contribution in [3.63, 3.8) is 0 Å². The minimum absolute atomic E-state index is 0. The molecule has 1 saturated heterocycles. The molecule has 1 fully saturated rings. The van der Waals surface area contributed by atoms with Crippen LogP contribution in [-0.4, -0.2) is 43.8 Å². The molecule has 0 bridgehead atoms. The van der Waals surface area contributed by atoms with Crippen LogP contribution in [0.25, 0.3) is 0 Å². The van der Waals surface area contributed by atoms with Gasteiger partial charge in [0.2, 0.25) is 0 Å². The Labute approximate surface area is 120 Å². The predicted molar refractivity (Wildman–Crippen MR) is 70.0 cm³/mol. The van der Waals surface area contributed by atoms with Crippen LogP contribution in [-0.2, 0) is 18.9 Å². The number of ether oxygens (including phenoxy) is 4. The second kappa shape index (κ2) is 11.3. The summed E-state index contributed by atoms with van der Waals surface area (Å²) in [6, 6.07) is 0. The zero-order chi connectivity index (χ0) is 14.8. The van der Waals surface area contributed by atoms with Crippen LogP contribution in [0.15, 0.2) is 0 Å². The van der Waals surface area contributed by atoms with E-state index in [9.17, 15) is 14.7 Å². The van der Waals surface area contributed by atoms with E-state index >= 15 is 0 Å². The van der Waals surface area contributed by atoms with Crippen molar-refractivity contribution < 1.29 is 33.6 Å². The Bertz CT molecular complexity index is 278. The molecule has 1 aliphatic rings. The third-order valence-electron chi connectivity index (χ3n) is 2.04. The summed E-state index contributed by atoms with van der Waals surface area (Å²) in [5, 5.41) is 10.5. The number of carbonyl (C=O) groups excluding carboxylic acids is 2. The lowest BCUT2D eigenvalue weighted by molar-refractivity contribution is -0.419. The molecule has 0 aliphatic carbocycles. The third-order valence-corrected chi connectivity index (χ3v) is 2.04. The molecule has 0 aromatic heterocycles. The highest BCUT2D eigenvalue weighted by Crippen LogP contribution is 2.03. The molecule has 20 heavy (non-hydrogen) atoms. The van der Waals surface area contributed by atoms with Crippen LogP contribution >= 0.6 is 0 Å². The van der Waals surface area contributed by atoms with Gasteiger partial charge in [0.1, 0.15) is 18.8 Å². The summed E-state index contributed by atoms with van der Waals surface area (Å²) < 4.78 is 18.2. The quantitative estimate of drug-likeness (QED) is 0.574. The van der Waals surface area contributed by atoms with E-state index < -0.39 is 18.4 Å². The van der Waals surface area contributed by atoms with Crippen molar-refractivity contribution in [2.24, 2.45) is 0 Å². The Hall–Kier alpha value is -1.50. The molecule has 7 heteroatoms. The minimum atomic E-state index is -0.894. The van der Waals surface area contributed by atoms with E-state index in [0.29, 0.717) is 6.61 Å². The van der Waals surface area contributed by atoms with E-state index in [4.69, 9.17) is 4.74 Å². The number of hydrogen-bond acceptors (Lipinski definition) is 7. The lowest BCUT2D eigenvalue weighted by atomic mass is 10.3. The van der Waals surface area contributed by atoms with Gasteiger partial charge in [-0.3, -0.25) is 0 Å². The normalized spacial score (nSPS) is 19.2. The molecule has 0 spiro atoms. The molecule has 0 saturated carbocycles. The first-order valence-electron chi connectivity index (χ1n) is 6.17.